The van der Waals surface area contributed by atoms with Crippen LogP contribution in [0.2, 0.25) is 0 Å². The number of pyridine rings is 1. The van der Waals surface area contributed by atoms with Crippen LogP contribution in [0.5, 0.6) is 0 Å². The standard InChI is InChI=1S/C18H19F2N7O/c1-10-15(17(21)28)22-6-7-26(10)14-4-5-23-18(25-14)12-8-24-13-3-2-11(16(19)20)9-27(12)13/h2-5,8-10,15-16,22H,6-7H2,1H3,(H2,21,28). The van der Waals surface area contributed by atoms with Crippen molar-refractivity contribution < 1.29 is 13.6 Å². The van der Waals surface area contributed by atoms with Crippen molar-refractivity contribution in [2.45, 2.75) is 25.4 Å². The Hall–Kier alpha value is -3.14. The largest absolute Gasteiger partial charge is 0.368 e. The number of carbonyl (C=O) groups excluding carboxylic acids is 1. The minimum atomic E-state index is -2.58. The van der Waals surface area contributed by atoms with Crippen molar-refractivity contribution in [2.75, 3.05) is 18.0 Å². The van der Waals surface area contributed by atoms with Gasteiger partial charge in [0, 0.05) is 31.0 Å². The van der Waals surface area contributed by atoms with Crippen molar-refractivity contribution >= 4 is 17.4 Å². The molecule has 2 unspecified atom stereocenters. The molecule has 0 aromatic carbocycles. The number of hydrogen-bond acceptors (Lipinski definition) is 6. The van der Waals surface area contributed by atoms with E-state index in [0.717, 1.165) is 0 Å². The molecule has 3 aromatic rings. The summed E-state index contributed by atoms with van der Waals surface area (Å²) in [5, 5.41) is 3.11. The van der Waals surface area contributed by atoms with Gasteiger partial charge in [0.2, 0.25) is 5.91 Å². The molecule has 0 spiro atoms. The highest BCUT2D eigenvalue weighted by molar-refractivity contribution is 5.81. The Balaban J connectivity index is 1.72. The van der Waals surface area contributed by atoms with Crippen molar-refractivity contribution in [3.63, 3.8) is 0 Å². The number of primary amides is 1. The lowest BCUT2D eigenvalue weighted by atomic mass is 10.0. The van der Waals surface area contributed by atoms with Crippen molar-refractivity contribution in [3.8, 4) is 11.5 Å². The fourth-order valence-electron chi connectivity index (χ4n) is 3.48. The van der Waals surface area contributed by atoms with E-state index in [1.807, 2.05) is 11.8 Å². The maximum atomic E-state index is 13.1. The minimum absolute atomic E-state index is 0.108. The highest BCUT2D eigenvalue weighted by Gasteiger charge is 2.32. The van der Waals surface area contributed by atoms with E-state index in [1.54, 1.807) is 22.9 Å². The Morgan fingerprint density at radius 2 is 2.14 bits per heavy atom. The predicted molar refractivity (Wildman–Crippen MR) is 99.0 cm³/mol. The number of alkyl halides is 2. The summed E-state index contributed by atoms with van der Waals surface area (Å²) in [6.45, 7) is 3.13. The molecular formula is C18H19F2N7O. The summed E-state index contributed by atoms with van der Waals surface area (Å²) in [4.78, 5) is 26.8. The Bertz CT molecular complexity index is 1020. The van der Waals surface area contributed by atoms with Gasteiger partial charge in [-0.15, -0.1) is 0 Å². The quantitative estimate of drug-likeness (QED) is 0.701. The summed E-state index contributed by atoms with van der Waals surface area (Å²) >= 11 is 0. The van der Waals surface area contributed by atoms with E-state index < -0.39 is 18.4 Å². The summed E-state index contributed by atoms with van der Waals surface area (Å²) < 4.78 is 27.7. The third-order valence-corrected chi connectivity index (χ3v) is 4.94. The van der Waals surface area contributed by atoms with Crippen LogP contribution in [0.15, 0.2) is 36.8 Å². The summed E-state index contributed by atoms with van der Waals surface area (Å²) in [6.07, 6.45) is 1.91. The third kappa shape index (κ3) is 3.15. The first-order valence-corrected chi connectivity index (χ1v) is 8.83. The third-order valence-electron chi connectivity index (χ3n) is 4.94. The van der Waals surface area contributed by atoms with Crippen LogP contribution in [0.3, 0.4) is 0 Å². The number of fused-ring (bicyclic) bond motifs is 1. The van der Waals surface area contributed by atoms with E-state index in [0.29, 0.717) is 36.1 Å². The molecule has 8 nitrogen and oxygen atoms in total. The average Bonchev–Trinajstić information content (AvgIpc) is 3.11. The van der Waals surface area contributed by atoms with Gasteiger partial charge < -0.3 is 16.0 Å². The highest BCUT2D eigenvalue weighted by atomic mass is 19.3. The van der Waals surface area contributed by atoms with Gasteiger partial charge in [0.05, 0.1) is 12.2 Å². The number of halogens is 2. The van der Waals surface area contributed by atoms with Gasteiger partial charge in [-0.25, -0.2) is 23.7 Å². The summed E-state index contributed by atoms with van der Waals surface area (Å²) in [5.41, 5.74) is 6.40. The number of carbonyl (C=O) groups is 1. The summed E-state index contributed by atoms with van der Waals surface area (Å²) in [7, 11) is 0. The van der Waals surface area contributed by atoms with E-state index in [1.165, 1.54) is 18.3 Å². The molecule has 3 aromatic heterocycles. The highest BCUT2D eigenvalue weighted by Crippen LogP contribution is 2.25. The first-order valence-electron chi connectivity index (χ1n) is 8.83. The van der Waals surface area contributed by atoms with Gasteiger partial charge in [0.25, 0.3) is 6.43 Å². The molecule has 3 N–H and O–H groups in total. The molecule has 1 aliphatic rings. The van der Waals surface area contributed by atoms with Gasteiger partial charge in [-0.3, -0.25) is 9.20 Å². The van der Waals surface area contributed by atoms with Gasteiger partial charge in [-0.1, -0.05) is 0 Å². The number of aromatic nitrogens is 4. The molecule has 4 heterocycles. The van der Waals surface area contributed by atoms with E-state index in [4.69, 9.17) is 5.73 Å². The van der Waals surface area contributed by atoms with E-state index in [9.17, 15) is 13.6 Å². The molecule has 2 atom stereocenters. The molecule has 0 saturated carbocycles. The van der Waals surface area contributed by atoms with Crippen LogP contribution in [-0.2, 0) is 4.79 Å². The monoisotopic (exact) mass is 387 g/mol. The van der Waals surface area contributed by atoms with Gasteiger partial charge in [-0.2, -0.15) is 0 Å². The first kappa shape index (κ1) is 18.2. The van der Waals surface area contributed by atoms with E-state index in [-0.39, 0.29) is 11.6 Å². The molecule has 1 fully saturated rings. The number of rotatable bonds is 4. The summed E-state index contributed by atoms with van der Waals surface area (Å²) in [6, 6.07) is 3.95. The Kier molecular flexibility index (Phi) is 4.63. The number of nitrogens with two attached hydrogens (primary N) is 1. The van der Waals surface area contributed by atoms with Crippen LogP contribution < -0.4 is 16.0 Å². The lowest BCUT2D eigenvalue weighted by molar-refractivity contribution is -0.120. The van der Waals surface area contributed by atoms with Crippen LogP contribution in [0.25, 0.3) is 17.2 Å². The number of hydrogen-bond donors (Lipinski definition) is 2. The number of imidazole rings is 1. The second-order valence-corrected chi connectivity index (χ2v) is 6.64. The second kappa shape index (κ2) is 7.12. The second-order valence-electron chi connectivity index (χ2n) is 6.64. The smallest absolute Gasteiger partial charge is 0.265 e. The maximum absolute atomic E-state index is 13.1. The Morgan fingerprint density at radius 1 is 1.32 bits per heavy atom. The lowest BCUT2D eigenvalue weighted by Crippen LogP contribution is -2.61. The van der Waals surface area contributed by atoms with Crippen molar-refractivity contribution in [2.24, 2.45) is 5.73 Å². The molecular weight excluding hydrogens is 368 g/mol. The van der Waals surface area contributed by atoms with Crippen LogP contribution >= 0.6 is 0 Å². The molecule has 146 valence electrons. The number of nitrogens with one attached hydrogen (secondary N) is 1. The molecule has 4 rings (SSSR count). The maximum Gasteiger partial charge on any atom is 0.265 e. The van der Waals surface area contributed by atoms with Gasteiger partial charge in [0.1, 0.15) is 23.2 Å². The lowest BCUT2D eigenvalue weighted by Gasteiger charge is -2.39. The van der Waals surface area contributed by atoms with Crippen LogP contribution in [0.4, 0.5) is 14.6 Å². The normalized spacial score (nSPS) is 20.1. The minimum Gasteiger partial charge on any atom is -0.368 e. The average molecular weight is 387 g/mol. The number of anilines is 1. The SMILES string of the molecule is CC1C(C(N)=O)NCCN1c1ccnc(-c2cnc3ccc(C(F)F)cn23)n1. The Morgan fingerprint density at radius 3 is 2.89 bits per heavy atom. The van der Waals surface area contributed by atoms with Crippen molar-refractivity contribution in [1.29, 1.82) is 0 Å². The zero-order valence-electron chi connectivity index (χ0n) is 15.1. The van der Waals surface area contributed by atoms with Crippen molar-refractivity contribution in [3.05, 3.63) is 42.4 Å². The van der Waals surface area contributed by atoms with Crippen LogP contribution in [-0.4, -0.2) is 50.4 Å². The topological polar surface area (TPSA) is 101 Å². The fourth-order valence-corrected chi connectivity index (χ4v) is 3.48. The van der Waals surface area contributed by atoms with E-state index in [2.05, 4.69) is 20.3 Å². The van der Waals surface area contributed by atoms with Crippen LogP contribution in [0, 0.1) is 0 Å². The molecule has 0 aliphatic carbocycles. The fraction of sp³-hybridized carbons (Fsp3) is 0.333. The van der Waals surface area contributed by atoms with E-state index >= 15 is 0 Å². The van der Waals surface area contributed by atoms with Gasteiger partial charge in [0.15, 0.2) is 5.82 Å². The number of amides is 1. The molecule has 0 bridgehead atoms. The van der Waals surface area contributed by atoms with Crippen molar-refractivity contribution in [1.82, 2.24) is 24.7 Å². The van der Waals surface area contributed by atoms with Crippen LogP contribution in [0.1, 0.15) is 18.9 Å². The number of piperazine rings is 1. The molecule has 1 saturated heterocycles. The molecule has 28 heavy (non-hydrogen) atoms. The zero-order valence-corrected chi connectivity index (χ0v) is 15.1. The predicted octanol–water partition coefficient (Wildman–Crippen LogP) is 1.38. The van der Waals surface area contributed by atoms with Gasteiger partial charge >= 0.3 is 0 Å². The molecule has 1 amide bonds. The zero-order chi connectivity index (χ0) is 19.8. The molecule has 10 heteroatoms. The molecule has 1 aliphatic heterocycles. The van der Waals surface area contributed by atoms with Gasteiger partial charge in [-0.05, 0) is 25.1 Å². The number of nitrogens with zero attached hydrogens (tertiary/aromatic N) is 5. The Labute approximate surface area is 159 Å². The summed E-state index contributed by atoms with van der Waals surface area (Å²) in [5.74, 6) is 0.566. The first-order chi connectivity index (χ1) is 13.5. The molecule has 0 radical (unpaired) electrons.